The highest BCUT2D eigenvalue weighted by Crippen LogP contribution is 2.34. The molecule has 0 amide bonds. The molecule has 7 rings (SSSR count). The van der Waals surface area contributed by atoms with Crippen molar-refractivity contribution in [1.82, 2.24) is 0 Å². The van der Waals surface area contributed by atoms with Gasteiger partial charge in [-0.05, 0) is 103 Å². The lowest BCUT2D eigenvalue weighted by Gasteiger charge is -2.40. The molecule has 270 valence electrons. The first kappa shape index (κ1) is 39.1. The van der Waals surface area contributed by atoms with Crippen LogP contribution < -0.4 is 16.4 Å². The molecule has 0 saturated heterocycles. The number of halogens is 6. The minimum atomic E-state index is -2.48. The molecular formula is C45H33BBrCl2F3OS. The van der Waals surface area contributed by atoms with Gasteiger partial charge >= 0.3 is 0 Å². The van der Waals surface area contributed by atoms with Crippen LogP contribution >= 0.6 is 39.1 Å². The second kappa shape index (κ2) is 17.7. The summed E-state index contributed by atoms with van der Waals surface area (Å²) >= 11 is 15.4. The number of hydrogen-bond donors (Lipinski definition) is 0. The molecule has 0 radical (unpaired) electrons. The Hall–Kier alpha value is -4.66. The molecule has 0 atom stereocenters. The number of rotatable bonds is 9. The van der Waals surface area contributed by atoms with Gasteiger partial charge in [0.15, 0.2) is 19.7 Å². The monoisotopic (exact) mass is 838 g/mol. The third-order valence-corrected chi connectivity index (χ3v) is 13.1. The third kappa shape index (κ3) is 9.34. The average Bonchev–Trinajstić information content (AvgIpc) is 3.19. The molecule has 0 heterocycles. The van der Waals surface area contributed by atoms with Crippen LogP contribution in [-0.2, 0) is 19.9 Å². The molecule has 1 nitrogen and oxygen atoms in total. The molecule has 0 fully saturated rings. The highest BCUT2D eigenvalue weighted by atomic mass is 79.9. The van der Waals surface area contributed by atoms with Crippen LogP contribution in [0.1, 0.15) is 11.1 Å². The summed E-state index contributed by atoms with van der Waals surface area (Å²) in [5.41, 5.74) is 4.55. The Morgan fingerprint density at radius 2 is 0.907 bits per heavy atom. The fourth-order valence-electron chi connectivity index (χ4n) is 6.46. The van der Waals surface area contributed by atoms with E-state index in [1.165, 1.54) is 36.4 Å². The second-order valence-electron chi connectivity index (χ2n) is 12.7. The Kier molecular flexibility index (Phi) is 12.8. The van der Waals surface area contributed by atoms with Crippen LogP contribution in [0.15, 0.2) is 196 Å². The largest absolute Gasteiger partial charge is 0.231 e. The van der Waals surface area contributed by atoms with Crippen molar-refractivity contribution < 1.29 is 17.4 Å². The number of hydrogen-bond acceptors (Lipinski definition) is 1. The van der Waals surface area contributed by atoms with Gasteiger partial charge in [0.1, 0.15) is 29.4 Å². The summed E-state index contributed by atoms with van der Waals surface area (Å²) in [7, 11) is -2.48. The van der Waals surface area contributed by atoms with Gasteiger partial charge in [0, 0.05) is 20.1 Å². The van der Waals surface area contributed by atoms with E-state index in [0.29, 0.717) is 15.8 Å². The van der Waals surface area contributed by atoms with E-state index in [-0.39, 0.29) is 17.5 Å². The van der Waals surface area contributed by atoms with Crippen molar-refractivity contribution >= 4 is 77.7 Å². The van der Waals surface area contributed by atoms with E-state index in [4.69, 9.17) is 23.2 Å². The van der Waals surface area contributed by atoms with Crippen molar-refractivity contribution in [3.63, 3.8) is 0 Å². The first-order valence-electron chi connectivity index (χ1n) is 17.0. The third-order valence-electron chi connectivity index (χ3n) is 9.24. The zero-order valence-electron chi connectivity index (χ0n) is 28.8. The van der Waals surface area contributed by atoms with Gasteiger partial charge in [-0.25, -0.2) is 19.1 Å². The zero-order chi connectivity index (χ0) is 38.1. The lowest BCUT2D eigenvalue weighted by molar-refractivity contribution is 0.583. The van der Waals surface area contributed by atoms with Crippen molar-refractivity contribution in [3.8, 4) is 0 Å². The minimum Gasteiger partial charge on any atom is -0.231 e. The van der Waals surface area contributed by atoms with Gasteiger partial charge in [0.05, 0.1) is 0 Å². The first-order valence-corrected chi connectivity index (χ1v) is 20.3. The van der Waals surface area contributed by atoms with Gasteiger partial charge in [0.2, 0.25) is 0 Å². The Bertz CT molecular complexity index is 2200. The maximum absolute atomic E-state index is 14.0. The fourth-order valence-corrected chi connectivity index (χ4v) is 9.39. The van der Waals surface area contributed by atoms with Crippen LogP contribution in [0, 0.1) is 17.5 Å². The summed E-state index contributed by atoms with van der Waals surface area (Å²) in [6.07, 6.45) is 0.232. The van der Waals surface area contributed by atoms with E-state index in [9.17, 15) is 17.4 Å². The lowest BCUT2D eigenvalue weighted by Crippen LogP contribution is -2.66. The maximum Gasteiger partial charge on any atom is 0.164 e. The van der Waals surface area contributed by atoms with Gasteiger partial charge in [0.25, 0.3) is 0 Å². The molecule has 0 spiro atoms. The molecule has 0 aliphatic heterocycles. The normalized spacial score (nSPS) is 11.6. The summed E-state index contributed by atoms with van der Waals surface area (Å²) < 4.78 is 56.1. The molecule has 7 aromatic rings. The highest BCUT2D eigenvalue weighted by Gasteiger charge is 2.35. The Balaban J connectivity index is 0.000000189. The summed E-state index contributed by atoms with van der Waals surface area (Å²) in [6.45, 7) is 0. The molecule has 0 N–H and O–H groups in total. The van der Waals surface area contributed by atoms with E-state index in [1.807, 2.05) is 84.9 Å². The molecule has 7 aromatic carbocycles. The Morgan fingerprint density at radius 1 is 0.519 bits per heavy atom. The van der Waals surface area contributed by atoms with Gasteiger partial charge < -0.3 is 0 Å². The van der Waals surface area contributed by atoms with Crippen LogP contribution in [0.25, 0.3) is 6.08 Å². The molecule has 0 unspecified atom stereocenters. The van der Waals surface area contributed by atoms with Crippen LogP contribution in [0.3, 0.4) is 0 Å². The standard InChI is InChI=1S/C26H19BF3.C19H14BrCl2OS/c28-24-12-6-21(7-13-24)27(22-8-14-25(29)15-9-22,23-10-16-26(30)17-11-23)19-18-20-4-2-1-3-5-20;20-15-3-1-14(2-4-15)13-24(23,18-9-5-16(21)6-10-18)19-11-7-17(22)8-12-19/h1-19H;1-12H,13H2/q-1;+1. The Labute approximate surface area is 333 Å². The van der Waals surface area contributed by atoms with Gasteiger partial charge in [-0.2, -0.15) is 16.4 Å². The molecule has 0 saturated carbocycles. The summed E-state index contributed by atoms with van der Waals surface area (Å²) in [5, 5.41) is 1.25. The smallest absolute Gasteiger partial charge is 0.164 e. The van der Waals surface area contributed by atoms with Crippen molar-refractivity contribution in [2.45, 2.75) is 15.5 Å². The summed E-state index contributed by atoms with van der Waals surface area (Å²) in [4.78, 5) is 1.52. The number of benzene rings is 7. The van der Waals surface area contributed by atoms with E-state index in [2.05, 4.69) is 21.9 Å². The second-order valence-corrected chi connectivity index (χ2v) is 17.1. The Morgan fingerprint density at radius 3 is 1.30 bits per heavy atom. The quantitative estimate of drug-likeness (QED) is 0.105. The van der Waals surface area contributed by atoms with Crippen LogP contribution in [0.5, 0.6) is 0 Å². The van der Waals surface area contributed by atoms with E-state index in [0.717, 1.165) is 41.8 Å². The van der Waals surface area contributed by atoms with Crippen molar-refractivity contribution in [2.75, 3.05) is 0 Å². The molecule has 9 heteroatoms. The van der Waals surface area contributed by atoms with Gasteiger partial charge in [-0.1, -0.05) is 128 Å². The average molecular weight is 840 g/mol. The lowest BCUT2D eigenvalue weighted by atomic mass is 9.15. The molecule has 0 bridgehead atoms. The first-order chi connectivity index (χ1) is 26.0. The predicted molar refractivity (Wildman–Crippen MR) is 225 cm³/mol. The molecule has 0 aromatic heterocycles. The summed E-state index contributed by atoms with van der Waals surface area (Å²) in [5.74, 6) is 1.46. The maximum atomic E-state index is 14.0. The predicted octanol–water partition coefficient (Wildman–Crippen LogP) is 11.7. The van der Waals surface area contributed by atoms with Crippen molar-refractivity contribution in [1.29, 1.82) is 0 Å². The van der Waals surface area contributed by atoms with E-state index < -0.39 is 16.1 Å². The molecule has 0 aliphatic rings. The summed E-state index contributed by atoms with van der Waals surface area (Å²) in [6, 6.07) is 51.0. The SMILES string of the molecule is Fc1ccc([B-](C=Cc2ccccc2)(c2ccc(F)cc2)c2ccc(F)cc2)cc1.O=[S+](Cc1ccc(Br)cc1)(c1ccc(Cl)cc1)c1ccc(Cl)cc1. The van der Waals surface area contributed by atoms with E-state index >= 15 is 0 Å². The fraction of sp³-hybridized carbons (Fsp3) is 0.0222. The van der Waals surface area contributed by atoms with Crippen molar-refractivity contribution in [3.05, 3.63) is 225 Å². The molecular weight excluding hydrogens is 807 g/mol. The highest BCUT2D eigenvalue weighted by molar-refractivity contribution is 9.10. The van der Waals surface area contributed by atoms with Crippen molar-refractivity contribution in [2.24, 2.45) is 0 Å². The van der Waals surface area contributed by atoms with Crippen LogP contribution in [0.2, 0.25) is 10.0 Å². The van der Waals surface area contributed by atoms with Gasteiger partial charge in [-0.15, -0.1) is 0 Å². The van der Waals surface area contributed by atoms with Gasteiger partial charge in [-0.3, -0.25) is 0 Å². The van der Waals surface area contributed by atoms with Crippen LogP contribution in [0.4, 0.5) is 13.2 Å². The topological polar surface area (TPSA) is 17.1 Å². The molecule has 0 aliphatic carbocycles. The van der Waals surface area contributed by atoms with Crippen LogP contribution in [-0.4, -0.2) is 6.15 Å². The zero-order valence-corrected chi connectivity index (χ0v) is 32.7. The van der Waals surface area contributed by atoms with E-state index in [1.54, 1.807) is 60.7 Å². The molecule has 54 heavy (non-hydrogen) atoms. The minimum absolute atomic E-state index is 0.339.